The first-order valence-corrected chi connectivity index (χ1v) is 7.43. The first kappa shape index (κ1) is 16.8. The molecule has 0 atom stereocenters. The Balaban J connectivity index is 2.12. The molecule has 0 unspecified atom stereocenters. The molecule has 118 valence electrons. The van der Waals surface area contributed by atoms with Gasteiger partial charge in [0.1, 0.15) is 6.61 Å². The Kier molecular flexibility index (Phi) is 5.94. The molecule has 0 radical (unpaired) electrons. The lowest BCUT2D eigenvalue weighted by atomic mass is 10.2. The molecular weight excluding hydrogens is 312 g/mol. The molecule has 0 spiro atoms. The molecule has 2 N–H and O–H groups in total. The highest BCUT2D eigenvalue weighted by Gasteiger charge is 2.15. The van der Waals surface area contributed by atoms with Gasteiger partial charge in [0.2, 0.25) is 0 Å². The van der Waals surface area contributed by atoms with Gasteiger partial charge in [-0.2, -0.15) is 0 Å². The van der Waals surface area contributed by atoms with Crippen molar-refractivity contribution in [3.63, 3.8) is 0 Å². The summed E-state index contributed by atoms with van der Waals surface area (Å²) >= 11 is 5.91. The lowest BCUT2D eigenvalue weighted by molar-refractivity contribution is -0.116. The average molecular weight is 329 g/mol. The predicted molar refractivity (Wildman–Crippen MR) is 92.8 cm³/mol. The van der Waals surface area contributed by atoms with Crippen LogP contribution in [0.3, 0.4) is 0 Å². The molecule has 2 rings (SSSR count). The topological polar surface area (TPSA) is 62.2 Å². The van der Waals surface area contributed by atoms with Gasteiger partial charge in [-0.05, 0) is 30.7 Å². The van der Waals surface area contributed by atoms with Crippen molar-refractivity contribution in [3.05, 3.63) is 76.5 Å². The Morgan fingerprint density at radius 1 is 1.22 bits per heavy atom. The van der Waals surface area contributed by atoms with E-state index in [0.717, 1.165) is 11.8 Å². The number of benzene rings is 2. The van der Waals surface area contributed by atoms with Crippen molar-refractivity contribution >= 4 is 29.4 Å². The number of ether oxygens (including phenoxy) is 1. The normalized spacial score (nSPS) is 11.4. The number of halogens is 1. The molecule has 2 aromatic rings. The molecule has 0 aliphatic carbocycles. The van der Waals surface area contributed by atoms with Crippen LogP contribution in [-0.4, -0.2) is 12.1 Å². The van der Waals surface area contributed by atoms with Crippen LogP contribution in [0, 0.1) is 5.41 Å². The molecule has 0 aliphatic heterocycles. The van der Waals surface area contributed by atoms with Crippen LogP contribution < -0.4 is 5.32 Å². The van der Waals surface area contributed by atoms with Gasteiger partial charge in [-0.25, -0.2) is 0 Å². The minimum absolute atomic E-state index is 0.115. The van der Waals surface area contributed by atoms with Gasteiger partial charge in [0.15, 0.2) is 5.76 Å². The highest BCUT2D eigenvalue weighted by atomic mass is 35.5. The number of hydrogen-bond acceptors (Lipinski definition) is 3. The van der Waals surface area contributed by atoms with Crippen molar-refractivity contribution < 1.29 is 9.53 Å². The van der Waals surface area contributed by atoms with Crippen molar-refractivity contribution in [3.8, 4) is 0 Å². The van der Waals surface area contributed by atoms with Crippen LogP contribution in [0.4, 0.5) is 5.69 Å². The fourth-order valence-corrected chi connectivity index (χ4v) is 2.10. The number of rotatable bonds is 6. The standard InChI is InChI=1S/C18H17ClN2O2/c1-13(11-20)17(23-12-14-6-3-2-4-7-14)18(22)21-16-9-5-8-15(19)10-16/h2-11,20H,12H2,1H3,(H,21,22)/b17-13+,20-11?. The first-order valence-electron chi connectivity index (χ1n) is 7.05. The summed E-state index contributed by atoms with van der Waals surface area (Å²) < 4.78 is 5.63. The van der Waals surface area contributed by atoms with Gasteiger partial charge in [0, 0.05) is 22.5 Å². The second-order valence-corrected chi connectivity index (χ2v) is 5.33. The maximum Gasteiger partial charge on any atom is 0.291 e. The van der Waals surface area contributed by atoms with E-state index < -0.39 is 5.91 Å². The largest absolute Gasteiger partial charge is 0.483 e. The number of allylic oxidation sites excluding steroid dienone is 1. The third-order valence-corrected chi connectivity index (χ3v) is 3.32. The molecular formula is C18H17ClN2O2. The summed E-state index contributed by atoms with van der Waals surface area (Å²) in [6, 6.07) is 16.4. The predicted octanol–water partition coefficient (Wildman–Crippen LogP) is 4.42. The van der Waals surface area contributed by atoms with E-state index in [9.17, 15) is 4.79 Å². The SMILES string of the molecule is C/C(C=N)=C(\OCc1ccccc1)C(=O)Nc1cccc(Cl)c1. The van der Waals surface area contributed by atoms with Crippen molar-refractivity contribution in [2.24, 2.45) is 0 Å². The Bertz CT molecular complexity index is 727. The van der Waals surface area contributed by atoms with Crippen LogP contribution >= 0.6 is 11.6 Å². The fraction of sp³-hybridized carbons (Fsp3) is 0.111. The van der Waals surface area contributed by atoms with E-state index in [2.05, 4.69) is 5.32 Å². The Morgan fingerprint density at radius 3 is 2.61 bits per heavy atom. The number of carbonyl (C=O) groups is 1. The van der Waals surface area contributed by atoms with E-state index >= 15 is 0 Å². The van der Waals surface area contributed by atoms with E-state index in [1.165, 1.54) is 0 Å². The summed E-state index contributed by atoms with van der Waals surface area (Å²) in [5.41, 5.74) is 1.96. The molecule has 1 amide bonds. The van der Waals surface area contributed by atoms with Crippen LogP contribution in [-0.2, 0) is 16.1 Å². The molecule has 0 heterocycles. The minimum atomic E-state index is -0.413. The van der Waals surface area contributed by atoms with Crippen molar-refractivity contribution in [2.45, 2.75) is 13.5 Å². The van der Waals surface area contributed by atoms with Crippen molar-refractivity contribution in [1.82, 2.24) is 0 Å². The number of anilines is 1. The molecule has 0 bridgehead atoms. The molecule has 5 heteroatoms. The van der Waals surface area contributed by atoms with Crippen LogP contribution in [0.2, 0.25) is 5.02 Å². The van der Waals surface area contributed by atoms with E-state index in [1.807, 2.05) is 30.3 Å². The van der Waals surface area contributed by atoms with Gasteiger partial charge in [0.25, 0.3) is 5.91 Å². The minimum Gasteiger partial charge on any atom is -0.483 e. The second kappa shape index (κ2) is 8.15. The van der Waals surface area contributed by atoms with Gasteiger partial charge in [-0.3, -0.25) is 4.79 Å². The Hall–Kier alpha value is -2.59. The highest BCUT2D eigenvalue weighted by Crippen LogP contribution is 2.17. The van der Waals surface area contributed by atoms with Crippen LogP contribution in [0.5, 0.6) is 0 Å². The fourth-order valence-electron chi connectivity index (χ4n) is 1.91. The van der Waals surface area contributed by atoms with Gasteiger partial charge in [0.05, 0.1) is 0 Å². The third kappa shape index (κ3) is 4.97. The summed E-state index contributed by atoms with van der Waals surface area (Å²) in [7, 11) is 0. The zero-order chi connectivity index (χ0) is 16.7. The molecule has 0 fully saturated rings. The van der Waals surface area contributed by atoms with E-state index in [-0.39, 0.29) is 12.4 Å². The Labute approximate surface area is 140 Å². The lowest BCUT2D eigenvalue weighted by Gasteiger charge is -2.13. The zero-order valence-electron chi connectivity index (χ0n) is 12.7. The monoisotopic (exact) mass is 328 g/mol. The average Bonchev–Trinajstić information content (AvgIpc) is 2.55. The highest BCUT2D eigenvalue weighted by molar-refractivity contribution is 6.30. The number of amides is 1. The van der Waals surface area contributed by atoms with Gasteiger partial charge in [-0.15, -0.1) is 0 Å². The Morgan fingerprint density at radius 2 is 1.96 bits per heavy atom. The summed E-state index contributed by atoms with van der Waals surface area (Å²) in [5, 5.41) is 10.6. The van der Waals surface area contributed by atoms with Crippen LogP contribution in [0.15, 0.2) is 65.9 Å². The number of carbonyl (C=O) groups excluding carboxylic acids is 1. The van der Waals surface area contributed by atoms with Crippen LogP contribution in [0.1, 0.15) is 12.5 Å². The first-order chi connectivity index (χ1) is 11.1. The molecule has 4 nitrogen and oxygen atoms in total. The van der Waals surface area contributed by atoms with E-state index in [1.54, 1.807) is 31.2 Å². The second-order valence-electron chi connectivity index (χ2n) is 4.90. The smallest absolute Gasteiger partial charge is 0.291 e. The molecule has 23 heavy (non-hydrogen) atoms. The van der Waals surface area contributed by atoms with E-state index in [4.69, 9.17) is 21.7 Å². The van der Waals surface area contributed by atoms with Crippen molar-refractivity contribution in [1.29, 1.82) is 5.41 Å². The lowest BCUT2D eigenvalue weighted by Crippen LogP contribution is -2.18. The molecule has 0 saturated heterocycles. The summed E-state index contributed by atoms with van der Waals surface area (Å²) in [5.74, 6) is -0.298. The van der Waals surface area contributed by atoms with Gasteiger partial charge in [-0.1, -0.05) is 48.0 Å². The molecule has 2 aromatic carbocycles. The number of nitrogens with one attached hydrogen (secondary N) is 2. The van der Waals surface area contributed by atoms with Gasteiger partial charge < -0.3 is 15.5 Å². The molecule has 0 saturated carbocycles. The summed E-state index contributed by atoms with van der Waals surface area (Å²) in [4.78, 5) is 12.4. The quantitative estimate of drug-likeness (QED) is 0.468. The van der Waals surface area contributed by atoms with Crippen LogP contribution in [0.25, 0.3) is 0 Å². The molecule has 0 aliphatic rings. The zero-order valence-corrected chi connectivity index (χ0v) is 13.4. The third-order valence-electron chi connectivity index (χ3n) is 3.09. The van der Waals surface area contributed by atoms with Crippen molar-refractivity contribution in [2.75, 3.05) is 5.32 Å². The maximum absolute atomic E-state index is 12.4. The van der Waals surface area contributed by atoms with Gasteiger partial charge >= 0.3 is 0 Å². The van der Waals surface area contributed by atoms with E-state index in [0.29, 0.717) is 16.3 Å². The summed E-state index contributed by atoms with van der Waals surface area (Å²) in [6.45, 7) is 1.91. The number of hydrogen-bond donors (Lipinski definition) is 2. The maximum atomic E-state index is 12.4. The summed E-state index contributed by atoms with van der Waals surface area (Å²) in [6.07, 6.45) is 1.10. The molecule has 0 aromatic heterocycles.